The highest BCUT2D eigenvalue weighted by molar-refractivity contribution is 6.57. The van der Waals surface area contributed by atoms with Gasteiger partial charge in [-0.1, -0.05) is 30.3 Å². The van der Waals surface area contributed by atoms with Gasteiger partial charge in [0.25, 0.3) is 0 Å². The average Bonchev–Trinajstić information content (AvgIpc) is 2.55. The van der Waals surface area contributed by atoms with E-state index in [-0.39, 0.29) is 18.8 Å². The summed E-state index contributed by atoms with van der Waals surface area (Å²) in [6.45, 7) is 4.05. The van der Waals surface area contributed by atoms with Gasteiger partial charge in [-0.3, -0.25) is 0 Å². The summed E-state index contributed by atoms with van der Waals surface area (Å²) in [5, 5.41) is 0. The van der Waals surface area contributed by atoms with Gasteiger partial charge in [-0.2, -0.15) is 0 Å². The third-order valence-corrected chi connectivity index (χ3v) is 2.83. The first-order valence-electron chi connectivity index (χ1n) is 5.07. The molecule has 0 spiro atoms. The Hall–Kier alpha value is -0.505. The molecule has 1 aliphatic rings. The van der Waals surface area contributed by atoms with E-state index in [0.717, 1.165) is 5.56 Å². The van der Waals surface area contributed by atoms with Crippen molar-refractivity contribution < 1.29 is 9.31 Å². The van der Waals surface area contributed by atoms with Crippen molar-refractivity contribution in [2.45, 2.75) is 25.6 Å². The maximum Gasteiger partial charge on any atom is 0.473 e. The van der Waals surface area contributed by atoms with Crippen molar-refractivity contribution in [2.75, 3.05) is 5.78 Å². The summed E-state index contributed by atoms with van der Waals surface area (Å²) in [5.41, 5.74) is 0.816. The Morgan fingerprint density at radius 2 is 2.00 bits per heavy atom. The molecule has 0 aromatic heterocycles. The van der Waals surface area contributed by atoms with Gasteiger partial charge in [-0.25, -0.2) is 0 Å². The second-order valence-corrected chi connectivity index (χ2v) is 4.54. The minimum absolute atomic E-state index is 0.0394. The Balaban J connectivity index is 2.23. The fourth-order valence-electron chi connectivity index (χ4n) is 1.92. The van der Waals surface area contributed by atoms with E-state index in [1.54, 1.807) is 0 Å². The average molecular weight is 224 g/mol. The fraction of sp³-hybridized carbons (Fsp3) is 0.455. The molecule has 0 bridgehead atoms. The van der Waals surface area contributed by atoms with Gasteiger partial charge in [-0.05, 0) is 19.4 Å². The lowest BCUT2D eigenvalue weighted by Gasteiger charge is -2.25. The van der Waals surface area contributed by atoms with Crippen LogP contribution in [0.5, 0.6) is 0 Å². The molecule has 1 aromatic rings. The molecular formula is C11H14BClO2. The van der Waals surface area contributed by atoms with Crippen molar-refractivity contribution in [1.29, 1.82) is 0 Å². The van der Waals surface area contributed by atoms with Crippen LogP contribution < -0.4 is 0 Å². The van der Waals surface area contributed by atoms with Crippen molar-refractivity contribution in [3.63, 3.8) is 0 Å². The van der Waals surface area contributed by atoms with Crippen LogP contribution in [-0.2, 0) is 9.31 Å². The Labute approximate surface area is 95.7 Å². The van der Waals surface area contributed by atoms with Crippen molar-refractivity contribution in [1.82, 2.24) is 0 Å². The van der Waals surface area contributed by atoms with Crippen molar-refractivity contribution in [3.05, 3.63) is 35.9 Å². The first-order valence-corrected chi connectivity index (χ1v) is 5.61. The zero-order valence-corrected chi connectivity index (χ0v) is 9.70. The molecule has 2 nitrogen and oxygen atoms in total. The number of rotatable bonds is 2. The van der Waals surface area contributed by atoms with Crippen LogP contribution in [0.2, 0.25) is 0 Å². The van der Waals surface area contributed by atoms with E-state index < -0.39 is 0 Å². The van der Waals surface area contributed by atoms with Crippen LogP contribution in [0.1, 0.15) is 25.5 Å². The molecule has 1 atom stereocenters. The van der Waals surface area contributed by atoms with Crippen LogP contribution in [0.4, 0.5) is 0 Å². The van der Waals surface area contributed by atoms with E-state index >= 15 is 0 Å². The van der Waals surface area contributed by atoms with E-state index in [1.807, 2.05) is 44.2 Å². The van der Waals surface area contributed by atoms with E-state index in [0.29, 0.717) is 5.78 Å². The Bertz CT molecular complexity index is 329. The lowest BCUT2D eigenvalue weighted by molar-refractivity contribution is 0.0726. The molecule has 0 saturated carbocycles. The standard InChI is InChI=1S/C11H14BClO2/c1-11(2)10(14-12(8-13)15-11)9-6-4-3-5-7-9/h3-7,10H,8H2,1-2H3/t10-/m1/s1. The molecule has 4 heteroatoms. The summed E-state index contributed by atoms with van der Waals surface area (Å²) in [7, 11) is -0.299. The lowest BCUT2D eigenvalue weighted by atomic mass is 9.95. The molecule has 0 N–H and O–H groups in total. The van der Waals surface area contributed by atoms with Crippen LogP contribution in [-0.4, -0.2) is 18.5 Å². The molecule has 15 heavy (non-hydrogen) atoms. The van der Waals surface area contributed by atoms with Crippen LogP contribution in [0.3, 0.4) is 0 Å². The highest BCUT2D eigenvalue weighted by Gasteiger charge is 2.45. The summed E-state index contributed by atoms with van der Waals surface area (Å²) >= 11 is 5.74. The largest absolute Gasteiger partial charge is 0.473 e. The predicted molar refractivity (Wildman–Crippen MR) is 61.9 cm³/mol. The number of alkyl halides is 1. The second-order valence-electron chi connectivity index (χ2n) is 4.23. The monoisotopic (exact) mass is 224 g/mol. The molecule has 1 aromatic carbocycles. The van der Waals surface area contributed by atoms with Crippen molar-refractivity contribution >= 4 is 18.7 Å². The summed E-state index contributed by atoms with van der Waals surface area (Å²) in [4.78, 5) is 0. The third-order valence-electron chi connectivity index (χ3n) is 2.58. The van der Waals surface area contributed by atoms with Gasteiger partial charge in [0.1, 0.15) is 0 Å². The zero-order chi connectivity index (χ0) is 10.9. The Morgan fingerprint density at radius 1 is 1.33 bits per heavy atom. The first-order chi connectivity index (χ1) is 7.13. The maximum absolute atomic E-state index is 5.76. The Morgan fingerprint density at radius 3 is 2.53 bits per heavy atom. The quantitative estimate of drug-likeness (QED) is 0.568. The molecule has 0 radical (unpaired) electrons. The van der Waals surface area contributed by atoms with Crippen LogP contribution in [0.25, 0.3) is 0 Å². The lowest BCUT2D eigenvalue weighted by Crippen LogP contribution is -2.27. The van der Waals surface area contributed by atoms with Crippen molar-refractivity contribution in [3.8, 4) is 0 Å². The number of halogens is 1. The van der Waals surface area contributed by atoms with E-state index in [9.17, 15) is 0 Å². The van der Waals surface area contributed by atoms with Gasteiger partial charge >= 0.3 is 7.12 Å². The van der Waals surface area contributed by atoms with Crippen LogP contribution in [0, 0.1) is 0 Å². The normalized spacial score (nSPS) is 24.5. The van der Waals surface area contributed by atoms with Gasteiger partial charge in [0.2, 0.25) is 0 Å². The predicted octanol–water partition coefficient (Wildman–Crippen LogP) is 2.82. The van der Waals surface area contributed by atoms with Gasteiger partial charge in [0, 0.05) is 0 Å². The molecule has 2 rings (SSSR count). The highest BCUT2D eigenvalue weighted by Crippen LogP contribution is 2.39. The Kier molecular flexibility index (Phi) is 3.05. The smallest absolute Gasteiger partial charge is 0.402 e. The van der Waals surface area contributed by atoms with Gasteiger partial charge < -0.3 is 9.31 Å². The van der Waals surface area contributed by atoms with E-state index in [4.69, 9.17) is 20.9 Å². The maximum atomic E-state index is 5.76. The zero-order valence-electron chi connectivity index (χ0n) is 8.94. The molecule has 80 valence electrons. The topological polar surface area (TPSA) is 18.5 Å². The molecule has 0 unspecified atom stereocenters. The minimum Gasteiger partial charge on any atom is -0.402 e. The minimum atomic E-state index is -0.319. The van der Waals surface area contributed by atoms with Gasteiger partial charge in [0.05, 0.1) is 17.5 Å². The van der Waals surface area contributed by atoms with E-state index in [2.05, 4.69) is 0 Å². The summed E-state index contributed by atoms with van der Waals surface area (Å²) in [6, 6.07) is 10.1. The van der Waals surface area contributed by atoms with Gasteiger partial charge in [-0.15, -0.1) is 11.6 Å². The molecule has 1 aliphatic heterocycles. The second kappa shape index (κ2) is 4.16. The number of hydrogen-bond donors (Lipinski definition) is 0. The molecule has 1 saturated heterocycles. The van der Waals surface area contributed by atoms with Gasteiger partial charge in [0.15, 0.2) is 0 Å². The number of benzene rings is 1. The highest BCUT2D eigenvalue weighted by atomic mass is 35.5. The molecule has 0 amide bonds. The molecule has 1 fully saturated rings. The van der Waals surface area contributed by atoms with Crippen molar-refractivity contribution in [2.24, 2.45) is 0 Å². The SMILES string of the molecule is CC1(C)OB(CCl)O[C@@H]1c1ccccc1. The number of hydrogen-bond acceptors (Lipinski definition) is 2. The fourth-order valence-corrected chi connectivity index (χ4v) is 2.06. The molecule has 0 aliphatic carbocycles. The molecule has 1 heterocycles. The summed E-state index contributed by atoms with van der Waals surface area (Å²) in [6.07, 6.45) is -0.0394. The van der Waals surface area contributed by atoms with E-state index in [1.165, 1.54) is 0 Å². The molecular weight excluding hydrogens is 210 g/mol. The van der Waals surface area contributed by atoms with Crippen LogP contribution in [0.15, 0.2) is 30.3 Å². The van der Waals surface area contributed by atoms with Crippen LogP contribution >= 0.6 is 11.6 Å². The summed E-state index contributed by atoms with van der Waals surface area (Å²) < 4.78 is 11.5. The first kappa shape index (κ1) is 11.0. The summed E-state index contributed by atoms with van der Waals surface area (Å²) in [5.74, 6) is 0.368. The third kappa shape index (κ3) is 2.20.